The number of hydrogen-bond donors (Lipinski definition) is 0. The second-order valence-electron chi connectivity index (χ2n) is 8.26. The van der Waals surface area contributed by atoms with Gasteiger partial charge in [0, 0.05) is 23.1 Å². The molecule has 4 aromatic rings. The van der Waals surface area contributed by atoms with Crippen molar-refractivity contribution in [3.8, 4) is 28.3 Å². The Balaban J connectivity index is 1.57. The standard InChI is InChI=1S/C29H27NO2/c1-31-25-17-10-16-23(19-25)26-18-9-8-15-24(26)20-27-30-28(21-11-4-2-5-12-21)29(32-27)22-13-6-3-7-14-22/h2-7,10-14,16-17,19-20,26H,8-9,15,18H2,1H3. The van der Waals surface area contributed by atoms with Crippen molar-refractivity contribution in [1.29, 1.82) is 0 Å². The Morgan fingerprint density at radius 1 is 0.875 bits per heavy atom. The topological polar surface area (TPSA) is 35.3 Å². The second kappa shape index (κ2) is 9.27. The quantitative estimate of drug-likeness (QED) is 0.330. The van der Waals surface area contributed by atoms with E-state index in [1.807, 2.05) is 42.5 Å². The summed E-state index contributed by atoms with van der Waals surface area (Å²) < 4.78 is 11.8. The lowest BCUT2D eigenvalue weighted by molar-refractivity contribution is 0.413. The molecule has 3 nitrogen and oxygen atoms in total. The van der Waals surface area contributed by atoms with E-state index in [0.717, 1.165) is 41.2 Å². The lowest BCUT2D eigenvalue weighted by Gasteiger charge is -2.26. The van der Waals surface area contributed by atoms with Crippen LogP contribution in [0.5, 0.6) is 5.75 Å². The number of benzene rings is 3. The SMILES string of the molecule is COc1cccc(C2CCCCC2=Cc2nc(-c3ccccc3)c(-c3ccccc3)o2)c1. The van der Waals surface area contributed by atoms with Gasteiger partial charge in [0.1, 0.15) is 11.4 Å². The molecule has 3 heteroatoms. The van der Waals surface area contributed by atoms with Crippen molar-refractivity contribution in [2.45, 2.75) is 31.6 Å². The van der Waals surface area contributed by atoms with Gasteiger partial charge in [-0.3, -0.25) is 0 Å². The molecule has 0 radical (unpaired) electrons. The van der Waals surface area contributed by atoms with Gasteiger partial charge < -0.3 is 9.15 Å². The lowest BCUT2D eigenvalue weighted by Crippen LogP contribution is -2.08. The van der Waals surface area contributed by atoms with Crippen molar-refractivity contribution < 1.29 is 9.15 Å². The van der Waals surface area contributed by atoms with Crippen molar-refractivity contribution in [2.24, 2.45) is 0 Å². The van der Waals surface area contributed by atoms with E-state index in [0.29, 0.717) is 11.8 Å². The van der Waals surface area contributed by atoms with Crippen LogP contribution in [0.15, 0.2) is 94.9 Å². The van der Waals surface area contributed by atoms with Crippen LogP contribution in [0.3, 0.4) is 0 Å². The Morgan fingerprint density at radius 3 is 2.38 bits per heavy atom. The van der Waals surface area contributed by atoms with E-state index in [9.17, 15) is 0 Å². The molecular formula is C29H27NO2. The van der Waals surface area contributed by atoms with Gasteiger partial charge in [-0.1, -0.05) is 84.8 Å². The molecule has 1 unspecified atom stereocenters. The number of methoxy groups -OCH3 is 1. The maximum atomic E-state index is 6.37. The minimum absolute atomic E-state index is 0.367. The number of nitrogens with zero attached hydrogens (tertiary/aromatic N) is 1. The summed E-state index contributed by atoms with van der Waals surface area (Å²) in [6, 6.07) is 28.9. The number of oxazole rings is 1. The monoisotopic (exact) mass is 421 g/mol. The highest BCUT2D eigenvalue weighted by molar-refractivity contribution is 5.77. The van der Waals surface area contributed by atoms with Crippen LogP contribution in [-0.4, -0.2) is 12.1 Å². The van der Waals surface area contributed by atoms with E-state index in [1.54, 1.807) is 7.11 Å². The number of allylic oxidation sites excluding steroid dienone is 1. The fraction of sp³-hybridized carbons (Fsp3) is 0.207. The van der Waals surface area contributed by atoms with Crippen LogP contribution in [0, 0.1) is 0 Å². The molecule has 0 spiro atoms. The molecule has 0 amide bonds. The highest BCUT2D eigenvalue weighted by atomic mass is 16.5. The Bertz CT molecular complexity index is 1150. The summed E-state index contributed by atoms with van der Waals surface area (Å²) in [5.41, 5.74) is 5.67. The Kier molecular flexibility index (Phi) is 5.89. The van der Waals surface area contributed by atoms with E-state index >= 15 is 0 Å². The predicted molar refractivity (Wildman–Crippen MR) is 130 cm³/mol. The second-order valence-corrected chi connectivity index (χ2v) is 8.26. The third kappa shape index (κ3) is 4.24. The van der Waals surface area contributed by atoms with E-state index in [-0.39, 0.29) is 0 Å². The normalized spacial score (nSPS) is 17.4. The lowest BCUT2D eigenvalue weighted by atomic mass is 9.79. The van der Waals surface area contributed by atoms with E-state index < -0.39 is 0 Å². The van der Waals surface area contributed by atoms with E-state index in [2.05, 4.69) is 48.5 Å². The molecule has 1 aliphatic carbocycles. The number of aromatic nitrogens is 1. The van der Waals surface area contributed by atoms with Crippen LogP contribution >= 0.6 is 0 Å². The van der Waals surface area contributed by atoms with Gasteiger partial charge in [0.15, 0.2) is 5.76 Å². The fourth-order valence-electron chi connectivity index (χ4n) is 4.58. The average Bonchev–Trinajstić information content (AvgIpc) is 3.29. The predicted octanol–water partition coefficient (Wildman–Crippen LogP) is 7.76. The zero-order valence-corrected chi connectivity index (χ0v) is 18.3. The first kappa shape index (κ1) is 20.3. The fourth-order valence-corrected chi connectivity index (χ4v) is 4.58. The van der Waals surface area contributed by atoms with Gasteiger partial charge in [-0.15, -0.1) is 0 Å². The number of ether oxygens (including phenoxy) is 1. The van der Waals surface area contributed by atoms with E-state index in [4.69, 9.17) is 14.1 Å². The van der Waals surface area contributed by atoms with E-state index in [1.165, 1.54) is 24.0 Å². The van der Waals surface area contributed by atoms with Crippen LogP contribution < -0.4 is 4.74 Å². The molecular weight excluding hydrogens is 394 g/mol. The van der Waals surface area contributed by atoms with Crippen molar-refractivity contribution in [3.63, 3.8) is 0 Å². The maximum absolute atomic E-state index is 6.37. The van der Waals surface area contributed by atoms with Gasteiger partial charge >= 0.3 is 0 Å². The van der Waals surface area contributed by atoms with Gasteiger partial charge in [-0.05, 0) is 37.0 Å². The highest BCUT2D eigenvalue weighted by Crippen LogP contribution is 2.40. The van der Waals surface area contributed by atoms with Crippen molar-refractivity contribution in [2.75, 3.05) is 7.11 Å². The molecule has 1 atom stereocenters. The molecule has 0 N–H and O–H groups in total. The highest BCUT2D eigenvalue weighted by Gasteiger charge is 2.23. The first-order valence-electron chi connectivity index (χ1n) is 11.3. The molecule has 1 heterocycles. The first-order chi connectivity index (χ1) is 15.8. The molecule has 1 aliphatic rings. The van der Waals surface area contributed by atoms with Crippen LogP contribution in [0.25, 0.3) is 28.7 Å². The van der Waals surface area contributed by atoms with Crippen LogP contribution in [0.1, 0.15) is 43.1 Å². The minimum atomic E-state index is 0.367. The molecule has 0 saturated heterocycles. The minimum Gasteiger partial charge on any atom is -0.497 e. The summed E-state index contributed by atoms with van der Waals surface area (Å²) in [5, 5.41) is 0. The van der Waals surface area contributed by atoms with Gasteiger partial charge in [-0.2, -0.15) is 0 Å². The van der Waals surface area contributed by atoms with Crippen molar-refractivity contribution in [3.05, 3.63) is 102 Å². The zero-order valence-electron chi connectivity index (χ0n) is 18.3. The maximum Gasteiger partial charge on any atom is 0.220 e. The van der Waals surface area contributed by atoms with Gasteiger partial charge in [-0.25, -0.2) is 4.98 Å². The Hall–Kier alpha value is -3.59. The van der Waals surface area contributed by atoms with Crippen LogP contribution in [0.2, 0.25) is 0 Å². The molecule has 1 fully saturated rings. The summed E-state index contributed by atoms with van der Waals surface area (Å²) >= 11 is 0. The largest absolute Gasteiger partial charge is 0.497 e. The van der Waals surface area contributed by atoms with Crippen molar-refractivity contribution >= 4 is 6.08 Å². The summed E-state index contributed by atoms with van der Waals surface area (Å²) in [6.07, 6.45) is 6.80. The smallest absolute Gasteiger partial charge is 0.220 e. The summed E-state index contributed by atoms with van der Waals surface area (Å²) in [4.78, 5) is 4.95. The average molecular weight is 422 g/mol. The third-order valence-electron chi connectivity index (χ3n) is 6.19. The Labute approximate surface area is 189 Å². The molecule has 160 valence electrons. The summed E-state index contributed by atoms with van der Waals surface area (Å²) in [5.74, 6) is 2.76. The molecule has 1 saturated carbocycles. The Morgan fingerprint density at radius 2 is 1.62 bits per heavy atom. The van der Waals surface area contributed by atoms with Gasteiger partial charge in [0.2, 0.25) is 5.89 Å². The molecule has 0 aliphatic heterocycles. The zero-order chi connectivity index (χ0) is 21.8. The van der Waals surface area contributed by atoms with Crippen LogP contribution in [-0.2, 0) is 0 Å². The van der Waals surface area contributed by atoms with Gasteiger partial charge in [0.25, 0.3) is 0 Å². The van der Waals surface area contributed by atoms with Crippen molar-refractivity contribution in [1.82, 2.24) is 4.98 Å². The third-order valence-corrected chi connectivity index (χ3v) is 6.19. The first-order valence-corrected chi connectivity index (χ1v) is 11.3. The number of rotatable bonds is 5. The molecule has 1 aromatic heterocycles. The molecule has 0 bridgehead atoms. The summed E-state index contributed by atoms with van der Waals surface area (Å²) in [7, 11) is 1.72. The summed E-state index contributed by atoms with van der Waals surface area (Å²) in [6.45, 7) is 0. The van der Waals surface area contributed by atoms with Crippen LogP contribution in [0.4, 0.5) is 0 Å². The molecule has 3 aromatic carbocycles. The van der Waals surface area contributed by atoms with Gasteiger partial charge in [0.05, 0.1) is 7.11 Å². The number of hydrogen-bond acceptors (Lipinski definition) is 3. The molecule has 32 heavy (non-hydrogen) atoms. The molecule has 5 rings (SSSR count).